The quantitative estimate of drug-likeness (QED) is 0.505. The second-order valence-corrected chi connectivity index (χ2v) is 9.15. The first-order chi connectivity index (χ1) is 15.1. The molecule has 3 aromatic carbocycles. The van der Waals surface area contributed by atoms with E-state index in [1.54, 1.807) is 0 Å². The molecule has 0 radical (unpaired) electrons. The molecule has 3 N–H and O–H groups in total. The highest BCUT2D eigenvalue weighted by Crippen LogP contribution is 2.40. The zero-order valence-electron chi connectivity index (χ0n) is 19.1. The molecule has 6 heteroatoms. The van der Waals surface area contributed by atoms with Crippen molar-refractivity contribution in [3.63, 3.8) is 0 Å². The Morgan fingerprint density at radius 2 is 1.73 bits per heavy atom. The van der Waals surface area contributed by atoms with Crippen LogP contribution in [-0.4, -0.2) is 35.7 Å². The fraction of sp³-hybridized carbons (Fsp3) is 0.407. The van der Waals surface area contributed by atoms with Crippen molar-refractivity contribution in [1.29, 1.82) is 0 Å². The molecule has 0 amide bonds. The molecule has 33 heavy (non-hydrogen) atoms. The summed E-state index contributed by atoms with van der Waals surface area (Å²) in [6.45, 7) is 5.56. The summed E-state index contributed by atoms with van der Waals surface area (Å²) in [4.78, 5) is 2.57. The smallest absolute Gasteiger partial charge is 0.122 e. The fourth-order valence-electron chi connectivity index (χ4n) is 5.43. The highest BCUT2D eigenvalue weighted by molar-refractivity contribution is 5.86. The van der Waals surface area contributed by atoms with Gasteiger partial charge in [-0.1, -0.05) is 54.6 Å². The first-order valence-corrected chi connectivity index (χ1v) is 11.5. The van der Waals surface area contributed by atoms with Gasteiger partial charge in [0.25, 0.3) is 0 Å². The third-order valence-corrected chi connectivity index (χ3v) is 7.26. The number of nitrogens with two attached hydrogens (primary N) is 1. The van der Waals surface area contributed by atoms with Gasteiger partial charge in [-0.05, 0) is 66.2 Å². The molecular formula is C27H34Cl2N2O2. The zero-order chi connectivity index (χ0) is 21.4. The van der Waals surface area contributed by atoms with E-state index in [1.165, 1.54) is 16.3 Å². The monoisotopic (exact) mass is 488 g/mol. The number of benzene rings is 3. The molecule has 2 atom stereocenters. The molecule has 5 rings (SSSR count). The second kappa shape index (κ2) is 11.1. The van der Waals surface area contributed by atoms with Crippen molar-refractivity contribution < 1.29 is 9.84 Å². The molecular weight excluding hydrogens is 455 g/mol. The number of ether oxygens (including phenoxy) is 1. The van der Waals surface area contributed by atoms with Crippen molar-refractivity contribution >= 4 is 35.6 Å². The van der Waals surface area contributed by atoms with Crippen LogP contribution in [0.4, 0.5) is 0 Å². The molecule has 0 spiro atoms. The van der Waals surface area contributed by atoms with Gasteiger partial charge in [0.15, 0.2) is 0 Å². The maximum atomic E-state index is 10.7. The number of phenols is 1. The van der Waals surface area contributed by atoms with Crippen LogP contribution in [0.25, 0.3) is 10.8 Å². The van der Waals surface area contributed by atoms with E-state index in [2.05, 4.69) is 53.4 Å². The molecule has 2 aliphatic rings. The third kappa shape index (κ3) is 5.16. The lowest BCUT2D eigenvalue weighted by atomic mass is 9.83. The van der Waals surface area contributed by atoms with Gasteiger partial charge < -0.3 is 15.6 Å². The molecule has 3 aromatic rings. The van der Waals surface area contributed by atoms with Crippen LogP contribution in [0.3, 0.4) is 0 Å². The fourth-order valence-corrected chi connectivity index (χ4v) is 5.43. The maximum absolute atomic E-state index is 10.7. The van der Waals surface area contributed by atoms with Crippen LogP contribution in [0.2, 0.25) is 0 Å². The van der Waals surface area contributed by atoms with E-state index >= 15 is 0 Å². The number of aromatic hydroxyl groups is 1. The van der Waals surface area contributed by atoms with Crippen LogP contribution in [0.15, 0.2) is 54.6 Å². The highest BCUT2D eigenvalue weighted by Gasteiger charge is 2.35. The number of hydrogen-bond acceptors (Lipinski definition) is 4. The summed E-state index contributed by atoms with van der Waals surface area (Å²) in [6.07, 6.45) is 3.04. The molecule has 4 nitrogen and oxygen atoms in total. The van der Waals surface area contributed by atoms with E-state index in [9.17, 15) is 5.11 Å². The lowest BCUT2D eigenvalue weighted by Crippen LogP contribution is -2.42. The number of piperidine rings is 1. The molecule has 178 valence electrons. The molecule has 0 unspecified atom stereocenters. The lowest BCUT2D eigenvalue weighted by molar-refractivity contribution is -0.0651. The van der Waals surface area contributed by atoms with Crippen LogP contribution < -0.4 is 5.73 Å². The second-order valence-electron chi connectivity index (χ2n) is 9.15. The summed E-state index contributed by atoms with van der Waals surface area (Å²) in [6, 6.07) is 19.3. The summed E-state index contributed by atoms with van der Waals surface area (Å²) >= 11 is 0. The van der Waals surface area contributed by atoms with E-state index in [4.69, 9.17) is 10.5 Å². The van der Waals surface area contributed by atoms with Crippen molar-refractivity contribution in [2.75, 3.05) is 19.6 Å². The van der Waals surface area contributed by atoms with Gasteiger partial charge in [-0.3, -0.25) is 4.90 Å². The average molecular weight is 489 g/mol. The number of aryl methyl sites for hydroxylation is 1. The van der Waals surface area contributed by atoms with Crippen LogP contribution >= 0.6 is 24.8 Å². The van der Waals surface area contributed by atoms with E-state index < -0.39 is 0 Å². The first kappa shape index (κ1) is 25.8. The van der Waals surface area contributed by atoms with Gasteiger partial charge in [0.05, 0.1) is 12.2 Å². The highest BCUT2D eigenvalue weighted by atomic mass is 35.5. The van der Waals surface area contributed by atoms with Gasteiger partial charge in [-0.25, -0.2) is 0 Å². The Bertz CT molecular complexity index is 1080. The lowest BCUT2D eigenvalue weighted by Gasteiger charge is -2.40. The van der Waals surface area contributed by atoms with Crippen molar-refractivity contribution in [3.05, 3.63) is 76.9 Å². The summed E-state index contributed by atoms with van der Waals surface area (Å²) < 4.78 is 6.45. The van der Waals surface area contributed by atoms with E-state index in [1.807, 2.05) is 13.0 Å². The van der Waals surface area contributed by atoms with Gasteiger partial charge >= 0.3 is 0 Å². The van der Waals surface area contributed by atoms with Crippen LogP contribution in [0, 0.1) is 12.8 Å². The minimum Gasteiger partial charge on any atom is -0.507 e. The predicted molar refractivity (Wildman–Crippen MR) is 140 cm³/mol. The summed E-state index contributed by atoms with van der Waals surface area (Å²) in [5.41, 5.74) is 10.5. The van der Waals surface area contributed by atoms with Crippen molar-refractivity contribution in [1.82, 2.24) is 4.90 Å². The molecule has 2 aliphatic heterocycles. The van der Waals surface area contributed by atoms with Gasteiger partial charge in [-0.15, -0.1) is 24.8 Å². The molecule has 0 saturated carbocycles. The number of halogens is 2. The Labute approximate surface area is 208 Å². The van der Waals surface area contributed by atoms with Crippen molar-refractivity contribution in [2.45, 2.75) is 44.9 Å². The van der Waals surface area contributed by atoms with Crippen LogP contribution in [0.5, 0.6) is 5.75 Å². The van der Waals surface area contributed by atoms with Crippen LogP contribution in [0.1, 0.15) is 41.2 Å². The first-order valence-electron chi connectivity index (χ1n) is 11.5. The van der Waals surface area contributed by atoms with Gasteiger partial charge in [0, 0.05) is 25.1 Å². The van der Waals surface area contributed by atoms with Gasteiger partial charge in [-0.2, -0.15) is 0 Å². The van der Waals surface area contributed by atoms with E-state index in [0.29, 0.717) is 18.2 Å². The Balaban J connectivity index is 0.00000153. The van der Waals surface area contributed by atoms with Gasteiger partial charge in [0.1, 0.15) is 5.75 Å². The minimum atomic E-state index is -0.117. The van der Waals surface area contributed by atoms with Crippen LogP contribution in [-0.2, 0) is 17.7 Å². The van der Waals surface area contributed by atoms with E-state index in [-0.39, 0.29) is 37.0 Å². The molecule has 2 heterocycles. The predicted octanol–water partition coefficient (Wildman–Crippen LogP) is 5.55. The molecule has 1 fully saturated rings. The SMILES string of the molecule is Cc1ccc2c(c1O)C[C@@H](C1CCN(Cc3cccc4ccccc34)CC1)O[C@H]2CN.Cl.Cl. The molecule has 0 aromatic heterocycles. The van der Waals surface area contributed by atoms with Crippen molar-refractivity contribution in [2.24, 2.45) is 11.7 Å². The largest absolute Gasteiger partial charge is 0.507 e. The topological polar surface area (TPSA) is 58.7 Å². The molecule has 0 aliphatic carbocycles. The summed E-state index contributed by atoms with van der Waals surface area (Å²) in [7, 11) is 0. The standard InChI is InChI=1S/C27H32N2O2.2ClH/c1-18-9-10-23-24(27(18)30)15-25(31-26(23)16-28)20-11-13-29(14-12-20)17-21-7-4-6-19-5-2-3-8-22(19)21;;/h2-10,20,25-26,30H,11-17,28H2,1H3;2*1H/t25-,26-;;/m0../s1. The molecule has 0 bridgehead atoms. The Morgan fingerprint density at radius 1 is 1.00 bits per heavy atom. The number of rotatable bonds is 4. The van der Waals surface area contributed by atoms with Crippen molar-refractivity contribution in [3.8, 4) is 5.75 Å². The Hall–Kier alpha value is -1.82. The van der Waals surface area contributed by atoms with E-state index in [0.717, 1.165) is 55.6 Å². The number of likely N-dealkylation sites (tertiary alicyclic amines) is 1. The minimum absolute atomic E-state index is 0. The molecule has 1 saturated heterocycles. The zero-order valence-corrected chi connectivity index (χ0v) is 20.7. The Kier molecular flexibility index (Phi) is 8.65. The normalized spacial score (nSPS) is 21.2. The summed E-state index contributed by atoms with van der Waals surface area (Å²) in [5, 5.41) is 13.3. The summed E-state index contributed by atoms with van der Waals surface area (Å²) in [5.74, 6) is 0.934. The number of phenolic OH excluding ortho intramolecular Hbond substituents is 1. The average Bonchev–Trinajstić information content (AvgIpc) is 2.81. The number of hydrogen-bond donors (Lipinski definition) is 2. The number of nitrogens with zero attached hydrogens (tertiary/aromatic N) is 1. The number of fused-ring (bicyclic) bond motifs is 2. The maximum Gasteiger partial charge on any atom is 0.122 e. The van der Waals surface area contributed by atoms with Gasteiger partial charge in [0.2, 0.25) is 0 Å². The Morgan fingerprint density at radius 3 is 2.48 bits per heavy atom. The third-order valence-electron chi connectivity index (χ3n) is 7.26.